The van der Waals surface area contributed by atoms with Gasteiger partial charge >= 0.3 is 0 Å². The third-order valence-corrected chi connectivity index (χ3v) is 3.47. The smallest absolute Gasteiger partial charge is 0.239 e. The maximum absolute atomic E-state index is 12.1. The van der Waals surface area contributed by atoms with E-state index in [0.29, 0.717) is 17.9 Å². The summed E-state index contributed by atoms with van der Waals surface area (Å²) in [5.41, 5.74) is 0. The molecule has 0 aromatic carbocycles. The molecule has 1 atom stereocenters. The molecular formula is C13H26N2O. The van der Waals surface area contributed by atoms with Crippen LogP contribution in [0.25, 0.3) is 0 Å². The predicted molar refractivity (Wildman–Crippen MR) is 67.3 cm³/mol. The lowest BCUT2D eigenvalue weighted by molar-refractivity contribution is -0.130. The zero-order chi connectivity index (χ0) is 12.1. The average Bonchev–Trinajstić information content (AvgIpc) is 2.57. The number of likely N-dealkylation sites (tertiary alicyclic amines) is 1. The molecule has 0 bridgehead atoms. The van der Waals surface area contributed by atoms with Crippen LogP contribution in [0.3, 0.4) is 0 Å². The SMILES string of the molecule is CCC(CC)CN1CCC(NC(C)C)C1=O. The largest absolute Gasteiger partial charge is 0.341 e. The Morgan fingerprint density at radius 3 is 2.50 bits per heavy atom. The highest BCUT2D eigenvalue weighted by atomic mass is 16.2. The third kappa shape index (κ3) is 3.48. The van der Waals surface area contributed by atoms with Crippen molar-refractivity contribution in [3.05, 3.63) is 0 Å². The van der Waals surface area contributed by atoms with Crippen molar-refractivity contribution >= 4 is 5.91 Å². The first-order valence-electron chi connectivity index (χ1n) is 6.63. The summed E-state index contributed by atoms with van der Waals surface area (Å²) in [6.07, 6.45) is 3.31. The summed E-state index contributed by atoms with van der Waals surface area (Å²) in [5.74, 6) is 0.974. The van der Waals surface area contributed by atoms with E-state index in [2.05, 4.69) is 33.0 Å². The molecule has 94 valence electrons. The maximum Gasteiger partial charge on any atom is 0.239 e. The molecule has 0 aromatic heterocycles. The van der Waals surface area contributed by atoms with Gasteiger partial charge in [0.25, 0.3) is 0 Å². The molecular weight excluding hydrogens is 200 g/mol. The summed E-state index contributed by atoms with van der Waals surface area (Å²) >= 11 is 0. The lowest BCUT2D eigenvalue weighted by Crippen LogP contribution is -2.42. The molecule has 1 rings (SSSR count). The second-order valence-electron chi connectivity index (χ2n) is 5.13. The molecule has 0 radical (unpaired) electrons. The van der Waals surface area contributed by atoms with Crippen molar-refractivity contribution in [1.29, 1.82) is 0 Å². The number of rotatable bonds is 6. The molecule has 1 aliphatic heterocycles. The molecule has 0 saturated carbocycles. The first-order valence-corrected chi connectivity index (χ1v) is 6.63. The number of nitrogens with one attached hydrogen (secondary N) is 1. The van der Waals surface area contributed by atoms with Gasteiger partial charge in [-0.1, -0.05) is 40.5 Å². The molecule has 0 spiro atoms. The van der Waals surface area contributed by atoms with Gasteiger partial charge in [-0.3, -0.25) is 4.79 Å². The van der Waals surface area contributed by atoms with Crippen molar-refractivity contribution in [2.75, 3.05) is 13.1 Å². The molecule has 3 nitrogen and oxygen atoms in total. The Morgan fingerprint density at radius 2 is 2.00 bits per heavy atom. The Hall–Kier alpha value is -0.570. The number of hydrogen-bond donors (Lipinski definition) is 1. The van der Waals surface area contributed by atoms with E-state index in [1.807, 2.05) is 4.90 Å². The Kier molecular flexibility index (Phi) is 5.26. The van der Waals surface area contributed by atoms with Gasteiger partial charge in [-0.2, -0.15) is 0 Å². The van der Waals surface area contributed by atoms with Crippen LogP contribution >= 0.6 is 0 Å². The fourth-order valence-corrected chi connectivity index (χ4v) is 2.34. The van der Waals surface area contributed by atoms with Crippen molar-refractivity contribution < 1.29 is 4.79 Å². The monoisotopic (exact) mass is 226 g/mol. The molecule has 1 fully saturated rings. The summed E-state index contributed by atoms with van der Waals surface area (Å²) in [4.78, 5) is 14.1. The van der Waals surface area contributed by atoms with Gasteiger partial charge in [-0.15, -0.1) is 0 Å². The van der Waals surface area contributed by atoms with Gasteiger partial charge in [0.15, 0.2) is 0 Å². The van der Waals surface area contributed by atoms with Crippen molar-refractivity contribution in [2.45, 2.75) is 59.0 Å². The van der Waals surface area contributed by atoms with Crippen LogP contribution in [0.1, 0.15) is 47.0 Å². The molecule has 3 heteroatoms. The van der Waals surface area contributed by atoms with Crippen molar-refractivity contribution in [3.63, 3.8) is 0 Å². The van der Waals surface area contributed by atoms with Gasteiger partial charge < -0.3 is 10.2 Å². The molecule has 1 saturated heterocycles. The van der Waals surface area contributed by atoms with Crippen LogP contribution in [0, 0.1) is 5.92 Å². The molecule has 1 aliphatic rings. The van der Waals surface area contributed by atoms with Crippen molar-refractivity contribution in [2.24, 2.45) is 5.92 Å². The van der Waals surface area contributed by atoms with E-state index >= 15 is 0 Å². The standard InChI is InChI=1S/C13H26N2O/c1-5-11(6-2)9-15-8-7-12(13(15)16)14-10(3)4/h10-12,14H,5-9H2,1-4H3. The highest BCUT2D eigenvalue weighted by Crippen LogP contribution is 2.17. The number of hydrogen-bond acceptors (Lipinski definition) is 2. The van der Waals surface area contributed by atoms with Crippen LogP contribution in [0.4, 0.5) is 0 Å². The van der Waals surface area contributed by atoms with Crippen molar-refractivity contribution in [1.82, 2.24) is 10.2 Å². The molecule has 1 heterocycles. The number of carbonyl (C=O) groups is 1. The molecule has 1 unspecified atom stereocenters. The van der Waals surface area contributed by atoms with Gasteiger partial charge in [-0.25, -0.2) is 0 Å². The first kappa shape index (κ1) is 13.5. The second-order valence-corrected chi connectivity index (χ2v) is 5.13. The Labute approximate surface area is 99.6 Å². The summed E-state index contributed by atoms with van der Waals surface area (Å²) in [6.45, 7) is 10.5. The van der Waals surface area contributed by atoms with E-state index in [1.54, 1.807) is 0 Å². The summed E-state index contributed by atoms with van der Waals surface area (Å²) in [7, 11) is 0. The Balaban J connectivity index is 2.44. The van der Waals surface area contributed by atoms with Gasteiger partial charge in [0, 0.05) is 19.1 Å². The van der Waals surface area contributed by atoms with Gasteiger partial charge in [0.05, 0.1) is 6.04 Å². The van der Waals surface area contributed by atoms with Gasteiger partial charge in [-0.05, 0) is 12.3 Å². The molecule has 1 amide bonds. The normalized spacial score (nSPS) is 21.5. The number of amides is 1. The number of nitrogens with zero attached hydrogens (tertiary/aromatic N) is 1. The van der Waals surface area contributed by atoms with Gasteiger partial charge in [0.1, 0.15) is 0 Å². The van der Waals surface area contributed by atoms with E-state index in [1.165, 1.54) is 12.8 Å². The van der Waals surface area contributed by atoms with E-state index in [0.717, 1.165) is 19.5 Å². The fourth-order valence-electron chi connectivity index (χ4n) is 2.34. The molecule has 16 heavy (non-hydrogen) atoms. The lowest BCUT2D eigenvalue weighted by Gasteiger charge is -2.22. The van der Waals surface area contributed by atoms with Crippen LogP contribution in [0.15, 0.2) is 0 Å². The quantitative estimate of drug-likeness (QED) is 0.751. The third-order valence-electron chi connectivity index (χ3n) is 3.47. The molecule has 1 N–H and O–H groups in total. The zero-order valence-electron chi connectivity index (χ0n) is 11.1. The van der Waals surface area contributed by atoms with E-state index in [9.17, 15) is 4.79 Å². The van der Waals surface area contributed by atoms with E-state index < -0.39 is 0 Å². The van der Waals surface area contributed by atoms with E-state index in [4.69, 9.17) is 0 Å². The van der Waals surface area contributed by atoms with Crippen LogP contribution in [0.2, 0.25) is 0 Å². The average molecular weight is 226 g/mol. The van der Waals surface area contributed by atoms with Crippen LogP contribution in [0.5, 0.6) is 0 Å². The Morgan fingerprint density at radius 1 is 1.38 bits per heavy atom. The maximum atomic E-state index is 12.1. The van der Waals surface area contributed by atoms with Gasteiger partial charge in [0.2, 0.25) is 5.91 Å². The fraction of sp³-hybridized carbons (Fsp3) is 0.923. The number of carbonyl (C=O) groups excluding carboxylic acids is 1. The molecule has 0 aromatic rings. The zero-order valence-corrected chi connectivity index (χ0v) is 11.1. The second kappa shape index (κ2) is 6.24. The minimum Gasteiger partial charge on any atom is -0.341 e. The van der Waals surface area contributed by atoms with Crippen LogP contribution in [-0.2, 0) is 4.79 Å². The van der Waals surface area contributed by atoms with E-state index in [-0.39, 0.29) is 6.04 Å². The van der Waals surface area contributed by atoms with Crippen molar-refractivity contribution in [3.8, 4) is 0 Å². The topological polar surface area (TPSA) is 32.3 Å². The lowest BCUT2D eigenvalue weighted by atomic mass is 10.0. The highest BCUT2D eigenvalue weighted by molar-refractivity contribution is 5.84. The van der Waals surface area contributed by atoms with Crippen LogP contribution < -0.4 is 5.32 Å². The summed E-state index contributed by atoms with van der Waals surface area (Å²) in [5, 5.41) is 3.34. The minimum absolute atomic E-state index is 0.0642. The predicted octanol–water partition coefficient (Wildman–Crippen LogP) is 2.02. The highest BCUT2D eigenvalue weighted by Gasteiger charge is 2.32. The Bertz CT molecular complexity index is 224. The molecule has 0 aliphatic carbocycles. The summed E-state index contributed by atoms with van der Waals surface area (Å²) in [6, 6.07) is 0.455. The summed E-state index contributed by atoms with van der Waals surface area (Å²) < 4.78 is 0. The first-order chi connectivity index (χ1) is 7.58. The minimum atomic E-state index is 0.0642. The van der Waals surface area contributed by atoms with Crippen LogP contribution in [-0.4, -0.2) is 36.0 Å².